The van der Waals surface area contributed by atoms with Gasteiger partial charge in [0, 0.05) is 12.6 Å². The number of urea groups is 1. The normalized spacial score (nSPS) is 12.0. The molecule has 2 amide bonds. The van der Waals surface area contributed by atoms with Crippen LogP contribution in [0.2, 0.25) is 0 Å². The summed E-state index contributed by atoms with van der Waals surface area (Å²) in [5.41, 5.74) is 1.26. The fourth-order valence-corrected chi connectivity index (χ4v) is 3.28. The summed E-state index contributed by atoms with van der Waals surface area (Å²) in [4.78, 5) is 14.7. The average molecular weight is 437 g/mol. The van der Waals surface area contributed by atoms with Crippen molar-refractivity contribution in [1.29, 1.82) is 0 Å². The predicted molar refractivity (Wildman–Crippen MR) is 116 cm³/mol. The van der Waals surface area contributed by atoms with Gasteiger partial charge in [0.05, 0.1) is 26.2 Å². The second kappa shape index (κ2) is 10.2. The lowest BCUT2D eigenvalue weighted by Gasteiger charge is -2.29. The van der Waals surface area contributed by atoms with E-state index in [0.717, 1.165) is 12.7 Å². The number of methoxy groups -OCH3 is 2. The first-order chi connectivity index (χ1) is 14.2. The lowest BCUT2D eigenvalue weighted by molar-refractivity contribution is 0.187. The number of benzene rings is 2. The smallest absolute Gasteiger partial charge is 0.322 e. The molecule has 0 radical (unpaired) electrons. The topological polar surface area (TPSA) is 94.2 Å². The number of carbonyl (C=O) groups is 1. The lowest BCUT2D eigenvalue weighted by atomic mass is 10.1. The fraction of sp³-hybridized carbons (Fsp3) is 0.381. The number of carbonyl (C=O) groups excluding carboxylic acids is 1. The Morgan fingerprint density at radius 3 is 2.33 bits per heavy atom. The molecule has 0 heterocycles. The molecular formula is C21H28N2O6S. The van der Waals surface area contributed by atoms with Crippen LogP contribution in [-0.2, 0) is 16.7 Å². The number of hydrogen-bond donors (Lipinski definition) is 1. The average Bonchev–Trinajstić information content (AvgIpc) is 2.70. The van der Waals surface area contributed by atoms with Gasteiger partial charge in [0.15, 0.2) is 11.5 Å². The van der Waals surface area contributed by atoms with E-state index in [1.165, 1.54) is 14.2 Å². The van der Waals surface area contributed by atoms with Crippen LogP contribution in [0.4, 0.5) is 10.5 Å². The Hall–Kier alpha value is -2.94. The summed E-state index contributed by atoms with van der Waals surface area (Å²) in [6.07, 6.45) is 1.70. The molecule has 0 aliphatic heterocycles. The largest absolute Gasteiger partial charge is 0.495 e. The first-order valence-electron chi connectivity index (χ1n) is 9.45. The van der Waals surface area contributed by atoms with Crippen molar-refractivity contribution in [3.05, 3.63) is 48.0 Å². The van der Waals surface area contributed by atoms with Crippen molar-refractivity contribution in [2.24, 2.45) is 0 Å². The number of nitrogens with zero attached hydrogens (tertiary/aromatic N) is 1. The summed E-state index contributed by atoms with van der Waals surface area (Å²) < 4.78 is 38.6. The zero-order chi connectivity index (χ0) is 22.3. The molecule has 0 saturated carbocycles. The molecule has 0 unspecified atom stereocenters. The van der Waals surface area contributed by atoms with Crippen molar-refractivity contribution in [1.82, 2.24) is 4.90 Å². The molecule has 1 atom stereocenters. The first-order valence-corrected chi connectivity index (χ1v) is 11.3. The minimum Gasteiger partial charge on any atom is -0.495 e. The van der Waals surface area contributed by atoms with Gasteiger partial charge in [0.1, 0.15) is 5.75 Å². The molecule has 2 rings (SSSR count). The molecule has 30 heavy (non-hydrogen) atoms. The third-order valence-electron chi connectivity index (χ3n) is 4.55. The summed E-state index contributed by atoms with van der Waals surface area (Å²) >= 11 is 0. The molecular weight excluding hydrogens is 408 g/mol. The first kappa shape index (κ1) is 23.3. The monoisotopic (exact) mass is 436 g/mol. The third kappa shape index (κ3) is 6.28. The Kier molecular flexibility index (Phi) is 7.93. The maximum Gasteiger partial charge on any atom is 0.322 e. The van der Waals surface area contributed by atoms with Crippen LogP contribution in [0.25, 0.3) is 0 Å². The van der Waals surface area contributed by atoms with Crippen LogP contribution in [-0.4, -0.2) is 45.9 Å². The number of anilines is 1. The number of para-hydroxylation sites is 2. The number of ether oxygens (including phenoxy) is 2. The minimum absolute atomic E-state index is 0.0684. The SMILES string of the molecule is CC[C@@H](C)N(Cc1ccc(OC)c(OS(C)(=O)=O)c1)C(=O)Nc1ccccc1OC. The molecule has 0 bridgehead atoms. The van der Waals surface area contributed by atoms with E-state index in [9.17, 15) is 13.2 Å². The Morgan fingerprint density at radius 2 is 1.73 bits per heavy atom. The van der Waals surface area contributed by atoms with E-state index in [-0.39, 0.29) is 30.1 Å². The molecule has 0 aromatic heterocycles. The zero-order valence-electron chi connectivity index (χ0n) is 17.8. The summed E-state index contributed by atoms with van der Waals surface area (Å²) in [6, 6.07) is 11.7. The predicted octanol–water partition coefficient (Wildman–Crippen LogP) is 3.87. The summed E-state index contributed by atoms with van der Waals surface area (Å²) in [6.45, 7) is 4.18. The van der Waals surface area contributed by atoms with Gasteiger partial charge < -0.3 is 23.9 Å². The molecule has 0 saturated heterocycles. The van der Waals surface area contributed by atoms with Gasteiger partial charge in [0.2, 0.25) is 0 Å². The lowest BCUT2D eigenvalue weighted by Crippen LogP contribution is -2.40. The second-order valence-corrected chi connectivity index (χ2v) is 8.36. The quantitative estimate of drug-likeness (QED) is 0.600. The van der Waals surface area contributed by atoms with Gasteiger partial charge in [-0.3, -0.25) is 0 Å². The van der Waals surface area contributed by atoms with E-state index in [2.05, 4.69) is 5.32 Å². The van der Waals surface area contributed by atoms with Gasteiger partial charge in [-0.2, -0.15) is 8.42 Å². The van der Waals surface area contributed by atoms with Crippen molar-refractivity contribution in [2.45, 2.75) is 32.9 Å². The van der Waals surface area contributed by atoms with E-state index in [4.69, 9.17) is 13.7 Å². The second-order valence-electron chi connectivity index (χ2n) is 6.79. The van der Waals surface area contributed by atoms with E-state index in [1.54, 1.807) is 35.2 Å². The van der Waals surface area contributed by atoms with Gasteiger partial charge >= 0.3 is 16.1 Å². The van der Waals surface area contributed by atoms with Gasteiger partial charge in [0.25, 0.3) is 0 Å². The van der Waals surface area contributed by atoms with Crippen LogP contribution in [0, 0.1) is 0 Å². The van der Waals surface area contributed by atoms with Crippen LogP contribution in [0.1, 0.15) is 25.8 Å². The van der Waals surface area contributed by atoms with E-state index in [1.807, 2.05) is 26.0 Å². The van der Waals surface area contributed by atoms with Crippen molar-refractivity contribution in [3.8, 4) is 17.2 Å². The van der Waals surface area contributed by atoms with Crippen LogP contribution in [0.3, 0.4) is 0 Å². The Bertz CT molecular complexity index is 977. The standard InChI is InChI=1S/C21H28N2O6S/c1-6-15(2)23(21(24)22-17-9-7-8-10-18(17)27-3)14-16-11-12-19(28-4)20(13-16)29-30(5,25)26/h7-13,15H,6,14H2,1-5H3,(H,22,24)/t15-/m1/s1. The highest BCUT2D eigenvalue weighted by molar-refractivity contribution is 7.86. The molecule has 0 aliphatic carbocycles. The maximum atomic E-state index is 13.0. The molecule has 164 valence electrons. The molecule has 2 aromatic rings. The Labute approximate surface area is 177 Å². The van der Waals surface area contributed by atoms with Crippen LogP contribution < -0.4 is 19.0 Å². The Morgan fingerprint density at radius 1 is 1.07 bits per heavy atom. The molecule has 1 N–H and O–H groups in total. The minimum atomic E-state index is -3.73. The molecule has 9 heteroatoms. The van der Waals surface area contributed by atoms with Crippen molar-refractivity contribution >= 4 is 21.8 Å². The molecule has 0 fully saturated rings. The van der Waals surface area contributed by atoms with Gasteiger partial charge in [-0.05, 0) is 43.2 Å². The maximum absolute atomic E-state index is 13.0. The molecule has 0 spiro atoms. The summed E-state index contributed by atoms with van der Waals surface area (Å²) in [5.74, 6) is 0.924. The van der Waals surface area contributed by atoms with Gasteiger partial charge in [-0.25, -0.2) is 4.79 Å². The molecule has 0 aliphatic rings. The number of nitrogens with one attached hydrogen (secondary N) is 1. The van der Waals surface area contributed by atoms with Crippen molar-refractivity contribution in [2.75, 3.05) is 25.8 Å². The number of rotatable bonds is 9. The van der Waals surface area contributed by atoms with Crippen LogP contribution in [0.5, 0.6) is 17.2 Å². The highest BCUT2D eigenvalue weighted by Gasteiger charge is 2.22. The highest BCUT2D eigenvalue weighted by Crippen LogP contribution is 2.30. The van der Waals surface area contributed by atoms with Gasteiger partial charge in [-0.1, -0.05) is 25.1 Å². The van der Waals surface area contributed by atoms with Crippen LogP contribution >= 0.6 is 0 Å². The van der Waals surface area contributed by atoms with E-state index >= 15 is 0 Å². The van der Waals surface area contributed by atoms with E-state index < -0.39 is 10.1 Å². The summed E-state index contributed by atoms with van der Waals surface area (Å²) in [5, 5.41) is 2.88. The fourth-order valence-electron chi connectivity index (χ4n) is 2.83. The highest BCUT2D eigenvalue weighted by atomic mass is 32.2. The van der Waals surface area contributed by atoms with Gasteiger partial charge in [-0.15, -0.1) is 0 Å². The molecule has 8 nitrogen and oxygen atoms in total. The Balaban J connectivity index is 2.30. The van der Waals surface area contributed by atoms with Crippen molar-refractivity contribution in [3.63, 3.8) is 0 Å². The summed E-state index contributed by atoms with van der Waals surface area (Å²) in [7, 11) is -0.761. The third-order valence-corrected chi connectivity index (χ3v) is 5.04. The number of amides is 2. The van der Waals surface area contributed by atoms with Crippen LogP contribution in [0.15, 0.2) is 42.5 Å². The molecule has 2 aromatic carbocycles. The van der Waals surface area contributed by atoms with Crippen molar-refractivity contribution < 1.29 is 26.9 Å². The van der Waals surface area contributed by atoms with E-state index in [0.29, 0.717) is 17.0 Å². The number of hydrogen-bond acceptors (Lipinski definition) is 6. The zero-order valence-corrected chi connectivity index (χ0v) is 18.7.